The number of aryl methyl sites for hydroxylation is 3. The molecule has 2 aromatic heterocycles. The smallest absolute Gasteiger partial charge is 0.350 e. The molecule has 39 heavy (non-hydrogen) atoms. The van der Waals surface area contributed by atoms with Gasteiger partial charge in [-0.15, -0.1) is 0 Å². The Morgan fingerprint density at radius 3 is 2.62 bits per heavy atom. The molecule has 1 aliphatic rings. The number of hydrogen-bond acceptors (Lipinski definition) is 8. The summed E-state index contributed by atoms with van der Waals surface area (Å²) in [6, 6.07) is 10.2. The van der Waals surface area contributed by atoms with Crippen LogP contribution >= 0.6 is 11.3 Å². The molecule has 3 heterocycles. The molecule has 0 spiro atoms. The van der Waals surface area contributed by atoms with E-state index in [0.717, 1.165) is 41.7 Å². The van der Waals surface area contributed by atoms with Crippen molar-refractivity contribution in [3.05, 3.63) is 85.2 Å². The van der Waals surface area contributed by atoms with Crippen LogP contribution in [0.25, 0.3) is 11.0 Å². The molecule has 2 aromatic carbocycles. The fraction of sp³-hybridized carbons (Fsp3) is 0.333. The predicted molar refractivity (Wildman–Crippen MR) is 150 cm³/mol. The average molecular weight is 547 g/mol. The van der Waals surface area contributed by atoms with Crippen LogP contribution in [0.15, 0.2) is 45.6 Å². The maximum absolute atomic E-state index is 14.0. The highest BCUT2D eigenvalue weighted by atomic mass is 32.1. The Morgan fingerprint density at radius 2 is 1.87 bits per heavy atom. The number of esters is 1. The molecule has 1 amide bonds. The van der Waals surface area contributed by atoms with E-state index in [-0.39, 0.29) is 21.9 Å². The third-order valence-electron chi connectivity index (χ3n) is 7.04. The lowest BCUT2D eigenvalue weighted by Gasteiger charge is -2.23. The normalized spacial score (nSPS) is 14.6. The van der Waals surface area contributed by atoms with E-state index in [4.69, 9.17) is 13.9 Å². The minimum absolute atomic E-state index is 0.0255. The number of methoxy groups -OCH3 is 1. The second-order valence-corrected chi connectivity index (χ2v) is 10.7. The third kappa shape index (κ3) is 4.71. The number of nitrogens with zero attached hydrogens (tertiary/aromatic N) is 2. The van der Waals surface area contributed by atoms with Crippen LogP contribution in [0.1, 0.15) is 80.4 Å². The molecule has 0 N–H and O–H groups in total. The minimum Gasteiger partial charge on any atom is -0.494 e. The van der Waals surface area contributed by atoms with Gasteiger partial charge in [-0.05, 0) is 68.1 Å². The number of aromatic nitrogens is 1. The van der Waals surface area contributed by atoms with Crippen molar-refractivity contribution in [1.29, 1.82) is 0 Å². The van der Waals surface area contributed by atoms with Gasteiger partial charge in [0.15, 0.2) is 10.6 Å². The number of amides is 1. The molecular weight excluding hydrogens is 516 g/mol. The van der Waals surface area contributed by atoms with E-state index in [0.29, 0.717) is 39.5 Å². The van der Waals surface area contributed by atoms with E-state index in [1.165, 1.54) is 12.0 Å². The summed E-state index contributed by atoms with van der Waals surface area (Å²) < 4.78 is 17.0. The molecule has 0 bridgehead atoms. The van der Waals surface area contributed by atoms with Crippen LogP contribution in [0.3, 0.4) is 0 Å². The first kappa shape index (κ1) is 26.6. The number of anilines is 1. The van der Waals surface area contributed by atoms with Crippen molar-refractivity contribution >= 4 is 39.3 Å². The van der Waals surface area contributed by atoms with Crippen molar-refractivity contribution < 1.29 is 23.5 Å². The van der Waals surface area contributed by atoms with Crippen molar-refractivity contribution in [2.24, 2.45) is 0 Å². The summed E-state index contributed by atoms with van der Waals surface area (Å²) in [6.07, 6.45) is 3.08. The van der Waals surface area contributed by atoms with E-state index in [1.807, 2.05) is 38.1 Å². The lowest BCUT2D eigenvalue weighted by atomic mass is 9.97. The Hall–Kier alpha value is -3.98. The number of carbonyl (C=O) groups excluding carboxylic acids is 2. The number of carbonyl (C=O) groups is 2. The van der Waals surface area contributed by atoms with Gasteiger partial charge in [0.2, 0.25) is 5.76 Å². The van der Waals surface area contributed by atoms with Crippen LogP contribution in [-0.2, 0) is 4.74 Å². The predicted octanol–water partition coefficient (Wildman–Crippen LogP) is 6.28. The highest BCUT2D eigenvalue weighted by Crippen LogP contribution is 2.44. The molecule has 0 radical (unpaired) electrons. The second kappa shape index (κ2) is 10.6. The molecule has 0 aliphatic carbocycles. The van der Waals surface area contributed by atoms with Crippen LogP contribution < -0.4 is 15.1 Å². The number of unbranched alkanes of at least 4 members (excludes halogenated alkanes) is 2. The van der Waals surface area contributed by atoms with E-state index in [2.05, 4.69) is 11.9 Å². The molecule has 0 saturated carbocycles. The third-order valence-corrected chi connectivity index (χ3v) is 8.18. The summed E-state index contributed by atoms with van der Waals surface area (Å²) in [5.74, 6) is -0.411. The Balaban J connectivity index is 1.69. The molecule has 9 heteroatoms. The summed E-state index contributed by atoms with van der Waals surface area (Å²) in [4.78, 5) is 46.5. The number of ether oxygens (including phenoxy) is 2. The summed E-state index contributed by atoms with van der Waals surface area (Å²) >= 11 is 1.05. The number of benzene rings is 2. The molecular formula is C30H30N2O6S. The summed E-state index contributed by atoms with van der Waals surface area (Å²) in [7, 11) is 1.30. The van der Waals surface area contributed by atoms with Gasteiger partial charge >= 0.3 is 5.97 Å². The lowest BCUT2D eigenvalue weighted by molar-refractivity contribution is 0.0605. The number of fused-ring (bicyclic) bond motifs is 2. The Labute approximate surface area is 230 Å². The zero-order chi connectivity index (χ0) is 27.8. The van der Waals surface area contributed by atoms with E-state index >= 15 is 0 Å². The molecule has 4 aromatic rings. The van der Waals surface area contributed by atoms with Gasteiger partial charge in [0.05, 0.1) is 36.4 Å². The molecule has 202 valence electrons. The topological polar surface area (TPSA) is 98.9 Å². The Morgan fingerprint density at radius 1 is 1.10 bits per heavy atom. The molecule has 1 atom stereocenters. The van der Waals surface area contributed by atoms with Crippen molar-refractivity contribution in [1.82, 2.24) is 4.98 Å². The average Bonchev–Trinajstić information content (AvgIpc) is 3.45. The largest absolute Gasteiger partial charge is 0.494 e. The maximum atomic E-state index is 14.0. The van der Waals surface area contributed by atoms with Gasteiger partial charge < -0.3 is 13.9 Å². The highest BCUT2D eigenvalue weighted by Gasteiger charge is 2.45. The molecule has 0 saturated heterocycles. The van der Waals surface area contributed by atoms with Crippen LogP contribution in [0.5, 0.6) is 5.75 Å². The highest BCUT2D eigenvalue weighted by molar-refractivity contribution is 7.17. The summed E-state index contributed by atoms with van der Waals surface area (Å²) in [6.45, 7) is 8.25. The summed E-state index contributed by atoms with van der Waals surface area (Å²) in [5.41, 5.74) is 3.35. The number of thiazole rings is 1. The Kier molecular flexibility index (Phi) is 7.27. The van der Waals surface area contributed by atoms with E-state index in [9.17, 15) is 14.4 Å². The van der Waals surface area contributed by atoms with Gasteiger partial charge in [0.25, 0.3) is 5.91 Å². The molecule has 1 unspecified atom stereocenters. The fourth-order valence-corrected chi connectivity index (χ4v) is 5.84. The van der Waals surface area contributed by atoms with Crippen LogP contribution in [0, 0.1) is 20.8 Å². The number of hydrogen-bond donors (Lipinski definition) is 0. The zero-order valence-corrected chi connectivity index (χ0v) is 23.4. The van der Waals surface area contributed by atoms with Crippen LogP contribution in [0.4, 0.5) is 5.13 Å². The standard InChI is InChI=1S/C30H30N2O6S/c1-6-7-8-12-37-20-11-9-10-19(15-20)24-23-25(33)21-13-16(2)17(3)14-22(21)38-26(23)28(34)32(24)30-31-18(4)27(39-30)29(35)36-5/h9-11,13-15,24H,6-8,12H2,1-5H3. The van der Waals surface area contributed by atoms with Gasteiger partial charge in [0, 0.05) is 0 Å². The summed E-state index contributed by atoms with van der Waals surface area (Å²) in [5, 5.41) is 0.688. The SMILES string of the molecule is CCCCCOc1cccc(C2c3c(oc4cc(C)c(C)cc4c3=O)C(=O)N2c2nc(C)c(C(=O)OC)s2)c1. The van der Waals surface area contributed by atoms with Gasteiger partial charge in [-0.1, -0.05) is 43.2 Å². The lowest BCUT2D eigenvalue weighted by Crippen LogP contribution is -2.29. The minimum atomic E-state index is -0.815. The first-order valence-corrected chi connectivity index (χ1v) is 13.8. The first-order valence-electron chi connectivity index (χ1n) is 12.9. The van der Waals surface area contributed by atoms with Gasteiger partial charge in [-0.3, -0.25) is 14.5 Å². The first-order chi connectivity index (χ1) is 18.7. The molecule has 8 nitrogen and oxygen atoms in total. The molecule has 5 rings (SSSR count). The second-order valence-electron chi connectivity index (χ2n) is 9.71. The van der Waals surface area contributed by atoms with Crippen molar-refractivity contribution in [2.75, 3.05) is 18.6 Å². The van der Waals surface area contributed by atoms with E-state index in [1.54, 1.807) is 19.1 Å². The molecule has 1 aliphatic heterocycles. The quantitative estimate of drug-likeness (QED) is 0.189. The van der Waals surface area contributed by atoms with Crippen molar-refractivity contribution in [3.8, 4) is 5.75 Å². The maximum Gasteiger partial charge on any atom is 0.350 e. The van der Waals surface area contributed by atoms with Crippen molar-refractivity contribution in [3.63, 3.8) is 0 Å². The number of rotatable bonds is 8. The van der Waals surface area contributed by atoms with Crippen molar-refractivity contribution in [2.45, 2.75) is 53.0 Å². The van der Waals surface area contributed by atoms with Crippen LogP contribution in [0.2, 0.25) is 0 Å². The monoisotopic (exact) mass is 546 g/mol. The van der Waals surface area contributed by atoms with Gasteiger partial charge in [-0.2, -0.15) is 0 Å². The van der Waals surface area contributed by atoms with E-state index < -0.39 is 17.9 Å². The van der Waals surface area contributed by atoms with Crippen LogP contribution in [-0.4, -0.2) is 30.6 Å². The fourth-order valence-electron chi connectivity index (χ4n) is 4.82. The molecule has 0 fully saturated rings. The zero-order valence-electron chi connectivity index (χ0n) is 22.6. The van der Waals surface area contributed by atoms with Gasteiger partial charge in [-0.25, -0.2) is 9.78 Å². The Bertz CT molecular complexity index is 1650. The van der Waals surface area contributed by atoms with Gasteiger partial charge in [0.1, 0.15) is 16.2 Å².